The highest BCUT2D eigenvalue weighted by Crippen LogP contribution is 2.43. The van der Waals surface area contributed by atoms with Crippen molar-refractivity contribution < 1.29 is 4.79 Å². The van der Waals surface area contributed by atoms with Crippen LogP contribution in [-0.2, 0) is 4.79 Å². The number of carbonyl (C=O) groups is 1. The van der Waals surface area contributed by atoms with Crippen LogP contribution in [0.5, 0.6) is 0 Å². The zero-order valence-corrected chi connectivity index (χ0v) is 12.7. The van der Waals surface area contributed by atoms with Crippen LogP contribution in [0.2, 0.25) is 5.28 Å². The molecule has 3 rings (SSSR count). The Kier molecular flexibility index (Phi) is 3.32. The van der Waals surface area contributed by atoms with E-state index in [4.69, 9.17) is 11.6 Å². The molecule has 0 saturated carbocycles. The summed E-state index contributed by atoms with van der Waals surface area (Å²) in [5.74, 6) is 0.955. The maximum Gasteiger partial charge on any atom is 0.252 e. The maximum atomic E-state index is 12.9. The van der Waals surface area contributed by atoms with Gasteiger partial charge in [-0.25, -0.2) is 4.98 Å². The topological polar surface area (TPSA) is 49.3 Å². The maximum absolute atomic E-state index is 12.9. The number of anilines is 2. The predicted molar refractivity (Wildman–Crippen MR) is 79.3 cm³/mol. The third-order valence-corrected chi connectivity index (χ3v) is 4.80. The molecule has 6 heteroatoms. The Balaban J connectivity index is 2.20. The van der Waals surface area contributed by atoms with Crippen molar-refractivity contribution in [1.82, 2.24) is 9.97 Å². The Morgan fingerprint density at radius 1 is 1.40 bits per heavy atom. The molecule has 0 radical (unpaired) electrons. The average Bonchev–Trinajstić information content (AvgIpc) is 2.68. The van der Waals surface area contributed by atoms with Gasteiger partial charge in [-0.15, -0.1) is 0 Å². The molecule has 5 nitrogen and oxygen atoms in total. The van der Waals surface area contributed by atoms with Crippen LogP contribution in [-0.4, -0.2) is 35.0 Å². The van der Waals surface area contributed by atoms with Gasteiger partial charge in [0.15, 0.2) is 5.82 Å². The van der Waals surface area contributed by atoms with E-state index in [0.717, 1.165) is 50.2 Å². The quantitative estimate of drug-likeness (QED) is 0.747. The monoisotopic (exact) mass is 294 g/mol. The van der Waals surface area contributed by atoms with Gasteiger partial charge in [-0.3, -0.25) is 4.79 Å². The number of fused-ring (bicyclic) bond motifs is 3. The Morgan fingerprint density at radius 2 is 2.20 bits per heavy atom. The molecule has 108 valence electrons. The minimum Gasteiger partial charge on any atom is -0.340 e. The molecular formula is C14H19ClN4O. The standard InChI is InChI=1S/C14H19ClN4O/c1-3-14-7-5-4-6-8-19(14)11-10(18(2)12(14)20)9-16-13(15)17-11/h9H,3-8H2,1-2H3. The van der Waals surface area contributed by atoms with Crippen LogP contribution < -0.4 is 9.80 Å². The van der Waals surface area contributed by atoms with Crippen LogP contribution in [0.3, 0.4) is 0 Å². The Morgan fingerprint density at radius 3 is 2.95 bits per heavy atom. The number of nitrogens with zero attached hydrogens (tertiary/aromatic N) is 4. The van der Waals surface area contributed by atoms with Crippen LogP contribution in [0.25, 0.3) is 0 Å². The molecule has 2 aliphatic rings. The zero-order valence-electron chi connectivity index (χ0n) is 11.9. The van der Waals surface area contributed by atoms with Crippen LogP contribution in [0.1, 0.15) is 39.0 Å². The summed E-state index contributed by atoms with van der Waals surface area (Å²) < 4.78 is 0. The normalized spacial score (nSPS) is 26.1. The number of amides is 1. The molecule has 0 N–H and O–H groups in total. The van der Waals surface area contributed by atoms with Crippen molar-refractivity contribution >= 4 is 29.0 Å². The van der Waals surface area contributed by atoms with Crippen molar-refractivity contribution in [2.75, 3.05) is 23.4 Å². The molecule has 0 aromatic carbocycles. The first-order valence-corrected chi connectivity index (χ1v) is 7.56. The number of carbonyl (C=O) groups excluding carboxylic acids is 1. The number of hydrogen-bond acceptors (Lipinski definition) is 4. The lowest BCUT2D eigenvalue weighted by molar-refractivity contribution is -0.124. The van der Waals surface area contributed by atoms with Crippen molar-refractivity contribution in [1.29, 1.82) is 0 Å². The van der Waals surface area contributed by atoms with E-state index < -0.39 is 5.54 Å². The highest BCUT2D eigenvalue weighted by molar-refractivity contribution is 6.28. The van der Waals surface area contributed by atoms with Gasteiger partial charge >= 0.3 is 0 Å². The number of rotatable bonds is 1. The largest absolute Gasteiger partial charge is 0.340 e. The van der Waals surface area contributed by atoms with Crippen molar-refractivity contribution in [2.24, 2.45) is 0 Å². The molecule has 1 saturated heterocycles. The van der Waals surface area contributed by atoms with Crippen LogP contribution in [0.4, 0.5) is 11.5 Å². The molecule has 1 atom stereocenters. The Hall–Kier alpha value is -1.36. The van der Waals surface area contributed by atoms with E-state index in [1.54, 1.807) is 18.1 Å². The number of likely N-dealkylation sites (N-methyl/N-ethyl adjacent to an activating group) is 1. The molecule has 3 heterocycles. The summed E-state index contributed by atoms with van der Waals surface area (Å²) >= 11 is 5.97. The molecule has 1 fully saturated rings. The minimum atomic E-state index is -0.462. The van der Waals surface area contributed by atoms with Crippen LogP contribution in [0, 0.1) is 0 Å². The Bertz CT molecular complexity index is 550. The smallest absolute Gasteiger partial charge is 0.252 e. The third-order valence-electron chi connectivity index (χ3n) is 4.61. The first-order chi connectivity index (χ1) is 9.60. The fourth-order valence-corrected chi connectivity index (χ4v) is 3.59. The van der Waals surface area contributed by atoms with E-state index >= 15 is 0 Å². The van der Waals surface area contributed by atoms with E-state index in [0.29, 0.717) is 0 Å². The lowest BCUT2D eigenvalue weighted by Gasteiger charge is -2.48. The summed E-state index contributed by atoms with van der Waals surface area (Å²) in [6.07, 6.45) is 6.64. The van der Waals surface area contributed by atoms with E-state index in [-0.39, 0.29) is 11.2 Å². The Labute approximate surface area is 123 Å². The summed E-state index contributed by atoms with van der Waals surface area (Å²) in [7, 11) is 1.80. The van der Waals surface area contributed by atoms with E-state index in [2.05, 4.69) is 21.8 Å². The summed E-state index contributed by atoms with van der Waals surface area (Å²) in [6.45, 7) is 2.94. The highest BCUT2D eigenvalue weighted by atomic mass is 35.5. The zero-order chi connectivity index (χ0) is 14.3. The molecule has 20 heavy (non-hydrogen) atoms. The minimum absolute atomic E-state index is 0.153. The van der Waals surface area contributed by atoms with Crippen molar-refractivity contribution in [3.8, 4) is 0 Å². The van der Waals surface area contributed by atoms with Gasteiger partial charge < -0.3 is 9.80 Å². The van der Waals surface area contributed by atoms with Gasteiger partial charge in [-0.2, -0.15) is 4.98 Å². The first-order valence-electron chi connectivity index (χ1n) is 7.18. The molecule has 1 unspecified atom stereocenters. The summed E-state index contributed by atoms with van der Waals surface area (Å²) in [4.78, 5) is 25.2. The summed E-state index contributed by atoms with van der Waals surface area (Å²) in [5.41, 5.74) is 0.293. The van der Waals surface area contributed by atoms with Gasteiger partial charge in [0.25, 0.3) is 5.91 Å². The number of aromatic nitrogens is 2. The number of halogens is 1. The predicted octanol–water partition coefficient (Wildman–Crippen LogP) is 2.64. The molecule has 1 aromatic heterocycles. The van der Waals surface area contributed by atoms with Gasteiger partial charge in [-0.05, 0) is 30.9 Å². The second-order valence-corrected chi connectivity index (χ2v) is 5.90. The molecule has 1 aromatic rings. The SMILES string of the molecule is CCC12CCCCCN1c1nc(Cl)ncc1N(C)C2=O. The summed E-state index contributed by atoms with van der Waals surface area (Å²) in [6, 6.07) is 0. The second-order valence-electron chi connectivity index (χ2n) is 5.56. The average molecular weight is 295 g/mol. The molecule has 0 spiro atoms. The van der Waals surface area contributed by atoms with Gasteiger partial charge in [0.05, 0.1) is 6.20 Å². The lowest BCUT2D eigenvalue weighted by Crippen LogP contribution is -2.62. The van der Waals surface area contributed by atoms with E-state index in [9.17, 15) is 4.79 Å². The van der Waals surface area contributed by atoms with Crippen LogP contribution >= 0.6 is 11.6 Å². The van der Waals surface area contributed by atoms with Gasteiger partial charge in [0.2, 0.25) is 5.28 Å². The van der Waals surface area contributed by atoms with Crippen molar-refractivity contribution in [3.05, 3.63) is 11.5 Å². The number of hydrogen-bond donors (Lipinski definition) is 0. The molecular weight excluding hydrogens is 276 g/mol. The van der Waals surface area contributed by atoms with Crippen LogP contribution in [0.15, 0.2) is 6.20 Å². The molecule has 1 amide bonds. The van der Waals surface area contributed by atoms with E-state index in [1.165, 1.54) is 0 Å². The van der Waals surface area contributed by atoms with Crippen molar-refractivity contribution in [2.45, 2.75) is 44.6 Å². The van der Waals surface area contributed by atoms with Gasteiger partial charge in [-0.1, -0.05) is 19.8 Å². The van der Waals surface area contributed by atoms with Gasteiger partial charge in [0, 0.05) is 13.6 Å². The van der Waals surface area contributed by atoms with Gasteiger partial charge in [0.1, 0.15) is 11.2 Å². The lowest BCUT2D eigenvalue weighted by atomic mass is 9.85. The highest BCUT2D eigenvalue weighted by Gasteiger charge is 2.50. The first kappa shape index (κ1) is 13.6. The molecule has 0 bridgehead atoms. The molecule has 0 aliphatic carbocycles. The fraction of sp³-hybridized carbons (Fsp3) is 0.643. The second kappa shape index (κ2) is 4.88. The van der Waals surface area contributed by atoms with E-state index in [1.807, 2.05) is 0 Å². The molecule has 2 aliphatic heterocycles. The fourth-order valence-electron chi connectivity index (χ4n) is 3.47. The summed E-state index contributed by atoms with van der Waals surface area (Å²) in [5, 5.41) is 0.237. The van der Waals surface area contributed by atoms with Crippen molar-refractivity contribution in [3.63, 3.8) is 0 Å². The third kappa shape index (κ3) is 1.79.